The molecule has 0 fully saturated rings. The normalized spacial score (nSPS) is 22.3. The second-order valence-corrected chi connectivity index (χ2v) is 3.25. The molecule has 0 saturated heterocycles. The van der Waals surface area contributed by atoms with Crippen molar-refractivity contribution in [2.75, 3.05) is 0 Å². The van der Waals surface area contributed by atoms with Gasteiger partial charge in [0.2, 0.25) is 0 Å². The molecule has 0 atom stereocenters. The minimum atomic E-state index is -1.03. The maximum absolute atomic E-state index is 10.5. The van der Waals surface area contributed by atoms with Crippen LogP contribution in [0.5, 0.6) is 0 Å². The van der Waals surface area contributed by atoms with Gasteiger partial charge in [-0.1, -0.05) is 12.7 Å². The smallest absolute Gasteiger partial charge is 0.375 e. The van der Waals surface area contributed by atoms with Crippen molar-refractivity contribution in [3.8, 4) is 0 Å². The number of rotatable bonds is 2. The van der Waals surface area contributed by atoms with E-state index in [4.69, 9.17) is 14.6 Å². The van der Waals surface area contributed by atoms with Crippen molar-refractivity contribution >= 4 is 5.97 Å². The van der Waals surface area contributed by atoms with Crippen LogP contribution >= 0.6 is 0 Å². The molecule has 1 aliphatic carbocycles. The van der Waals surface area contributed by atoms with E-state index in [0.29, 0.717) is 17.9 Å². The Morgan fingerprint density at radius 2 is 2.14 bits per heavy atom. The predicted molar refractivity (Wildman–Crippen MR) is 45.7 cm³/mol. The summed E-state index contributed by atoms with van der Waals surface area (Å²) < 4.78 is 10.1. The van der Waals surface area contributed by atoms with Crippen molar-refractivity contribution in [1.29, 1.82) is 0 Å². The van der Waals surface area contributed by atoms with Crippen LogP contribution in [0.15, 0.2) is 46.8 Å². The second-order valence-electron chi connectivity index (χ2n) is 3.25. The zero-order chi connectivity index (χ0) is 9.87. The van der Waals surface area contributed by atoms with Crippen LogP contribution in [-0.4, -0.2) is 11.1 Å². The van der Waals surface area contributed by atoms with Crippen molar-refractivity contribution in [2.24, 2.45) is 0 Å². The summed E-state index contributed by atoms with van der Waals surface area (Å²) in [5.41, 5.74) is 1.69. The average Bonchev–Trinajstić information content (AvgIpc) is 2.99. The van der Waals surface area contributed by atoms with Crippen LogP contribution in [0.3, 0.4) is 0 Å². The van der Waals surface area contributed by atoms with Crippen molar-refractivity contribution in [1.82, 2.24) is 0 Å². The van der Waals surface area contributed by atoms with E-state index in [1.807, 2.05) is 6.08 Å². The molecule has 14 heavy (non-hydrogen) atoms. The molecule has 4 heteroatoms. The highest BCUT2D eigenvalue weighted by Gasteiger charge is 2.44. The van der Waals surface area contributed by atoms with Crippen LogP contribution in [0.4, 0.5) is 0 Å². The number of hydrogen-bond donors (Lipinski definition) is 1. The molecule has 2 heterocycles. The van der Waals surface area contributed by atoms with E-state index >= 15 is 0 Å². The molecular formula is C10H6O4. The van der Waals surface area contributed by atoms with E-state index in [9.17, 15) is 4.79 Å². The van der Waals surface area contributed by atoms with Crippen LogP contribution < -0.4 is 0 Å². The average molecular weight is 190 g/mol. The number of allylic oxidation sites excluding steroid dienone is 2. The highest BCUT2D eigenvalue weighted by Crippen LogP contribution is 2.49. The highest BCUT2D eigenvalue weighted by molar-refractivity contribution is 5.91. The Morgan fingerprint density at radius 1 is 1.36 bits per heavy atom. The molecule has 0 unspecified atom stereocenters. The molecule has 0 aromatic rings. The van der Waals surface area contributed by atoms with E-state index in [2.05, 4.69) is 6.58 Å². The summed E-state index contributed by atoms with van der Waals surface area (Å²) in [6, 6.07) is 0. The summed E-state index contributed by atoms with van der Waals surface area (Å²) in [7, 11) is 0. The topological polar surface area (TPSA) is 62.4 Å². The summed E-state index contributed by atoms with van der Waals surface area (Å²) >= 11 is 0. The molecule has 1 N–H and O–H groups in total. The largest absolute Gasteiger partial charge is 0.475 e. The SMILES string of the molecule is C=C1CC=C(C2=C(C(=O)O)O2)C2=C1O2. The Kier molecular flexibility index (Phi) is 1.11. The van der Waals surface area contributed by atoms with Crippen LogP contribution in [0, 0.1) is 0 Å². The first-order valence-corrected chi connectivity index (χ1v) is 4.15. The van der Waals surface area contributed by atoms with Gasteiger partial charge in [-0.2, -0.15) is 0 Å². The second kappa shape index (κ2) is 2.09. The molecule has 0 aromatic carbocycles. The Labute approximate surface area is 79.4 Å². The molecule has 0 amide bonds. The first-order valence-electron chi connectivity index (χ1n) is 4.15. The highest BCUT2D eigenvalue weighted by atomic mass is 16.6. The Bertz CT molecular complexity index is 476. The van der Waals surface area contributed by atoms with E-state index in [1.54, 1.807) is 0 Å². The van der Waals surface area contributed by atoms with Gasteiger partial charge in [0.05, 0.1) is 5.57 Å². The molecule has 3 rings (SSSR count). The number of carbonyl (C=O) groups is 1. The van der Waals surface area contributed by atoms with Gasteiger partial charge < -0.3 is 14.6 Å². The molecule has 0 saturated carbocycles. The summed E-state index contributed by atoms with van der Waals surface area (Å²) in [6.07, 6.45) is 2.56. The van der Waals surface area contributed by atoms with Gasteiger partial charge in [-0.3, -0.25) is 0 Å². The minimum Gasteiger partial charge on any atom is -0.475 e. The van der Waals surface area contributed by atoms with Crippen LogP contribution in [0.2, 0.25) is 0 Å². The third-order valence-corrected chi connectivity index (χ3v) is 2.29. The molecule has 2 aliphatic heterocycles. The van der Waals surface area contributed by atoms with Gasteiger partial charge in [0.15, 0.2) is 17.3 Å². The molecule has 4 nitrogen and oxygen atoms in total. The summed E-state index contributed by atoms with van der Waals surface area (Å²) in [4.78, 5) is 10.5. The van der Waals surface area contributed by atoms with Crippen molar-refractivity contribution in [2.45, 2.75) is 6.42 Å². The van der Waals surface area contributed by atoms with Gasteiger partial charge in [0, 0.05) is 0 Å². The molecule has 70 valence electrons. The molecule has 0 aromatic heterocycles. The monoisotopic (exact) mass is 190 g/mol. The first-order chi connectivity index (χ1) is 6.68. The van der Waals surface area contributed by atoms with Crippen LogP contribution in [0.25, 0.3) is 0 Å². The molecular weight excluding hydrogens is 184 g/mol. The third-order valence-electron chi connectivity index (χ3n) is 2.29. The fourth-order valence-corrected chi connectivity index (χ4v) is 1.49. The van der Waals surface area contributed by atoms with Crippen molar-refractivity contribution < 1.29 is 19.4 Å². The van der Waals surface area contributed by atoms with E-state index in [0.717, 1.165) is 16.9 Å². The maximum Gasteiger partial charge on any atom is 0.375 e. The molecule has 3 aliphatic rings. The molecule has 0 bridgehead atoms. The molecule has 0 spiro atoms. The lowest BCUT2D eigenvalue weighted by molar-refractivity contribution is -0.133. The van der Waals surface area contributed by atoms with Crippen molar-refractivity contribution in [3.63, 3.8) is 0 Å². The standard InChI is InChI=1S/C10H6O4/c1-4-2-3-5(7-6(4)13-7)8-9(14-8)10(11)12/h3H,1-2H2,(H,11,12). The molecule has 0 radical (unpaired) electrons. The van der Waals surface area contributed by atoms with Gasteiger partial charge in [-0.15, -0.1) is 0 Å². The summed E-state index contributed by atoms with van der Waals surface area (Å²) in [5, 5.41) is 8.62. The predicted octanol–water partition coefficient (Wildman–Crippen LogP) is 1.44. The minimum absolute atomic E-state index is 0.0195. The number of carboxylic acids is 1. The third kappa shape index (κ3) is 0.849. The van der Waals surface area contributed by atoms with E-state index in [-0.39, 0.29) is 5.76 Å². The van der Waals surface area contributed by atoms with E-state index < -0.39 is 5.97 Å². The lowest BCUT2D eigenvalue weighted by atomic mass is 10.0. The van der Waals surface area contributed by atoms with Crippen LogP contribution in [0.1, 0.15) is 6.42 Å². The van der Waals surface area contributed by atoms with Gasteiger partial charge in [0.1, 0.15) is 0 Å². The van der Waals surface area contributed by atoms with Crippen LogP contribution in [-0.2, 0) is 14.3 Å². The number of aliphatic carboxylic acids is 1. The van der Waals surface area contributed by atoms with E-state index in [1.165, 1.54) is 0 Å². The number of hydrogen-bond acceptors (Lipinski definition) is 3. The lowest BCUT2D eigenvalue weighted by Gasteiger charge is -1.95. The fraction of sp³-hybridized carbons (Fsp3) is 0.100. The van der Waals surface area contributed by atoms with Gasteiger partial charge in [0.25, 0.3) is 5.76 Å². The quantitative estimate of drug-likeness (QED) is 0.715. The Hall–Kier alpha value is -1.97. The fourth-order valence-electron chi connectivity index (χ4n) is 1.49. The summed E-state index contributed by atoms with van der Waals surface area (Å²) in [6.45, 7) is 3.80. The zero-order valence-electron chi connectivity index (χ0n) is 7.16. The Balaban J connectivity index is 1.94. The first kappa shape index (κ1) is 7.44. The van der Waals surface area contributed by atoms with Crippen molar-refractivity contribution in [3.05, 3.63) is 46.8 Å². The lowest BCUT2D eigenvalue weighted by Crippen LogP contribution is -1.89. The Morgan fingerprint density at radius 3 is 2.79 bits per heavy atom. The van der Waals surface area contributed by atoms with Gasteiger partial charge in [-0.25, -0.2) is 4.79 Å². The van der Waals surface area contributed by atoms with Gasteiger partial charge >= 0.3 is 5.97 Å². The van der Waals surface area contributed by atoms with Gasteiger partial charge in [-0.05, 0) is 12.0 Å². The number of ether oxygens (including phenoxy) is 2. The zero-order valence-corrected chi connectivity index (χ0v) is 7.16. The summed E-state index contributed by atoms with van der Waals surface area (Å²) in [5.74, 6) is 0.914. The number of carboxylic acid groups (broad SMARTS) is 1. The maximum atomic E-state index is 10.5.